The molecule has 0 aromatic heterocycles. The van der Waals surface area contributed by atoms with E-state index in [1.54, 1.807) is 6.92 Å². The second kappa shape index (κ2) is 8.63. The summed E-state index contributed by atoms with van der Waals surface area (Å²) in [4.78, 5) is 22.8. The van der Waals surface area contributed by atoms with Gasteiger partial charge in [0.1, 0.15) is 12.4 Å². The van der Waals surface area contributed by atoms with E-state index in [1.807, 2.05) is 26.0 Å². The van der Waals surface area contributed by atoms with Crippen LogP contribution in [0.25, 0.3) is 0 Å². The number of hydrogen-bond acceptors (Lipinski definition) is 4. The van der Waals surface area contributed by atoms with Gasteiger partial charge in [-0.2, -0.15) is 0 Å². The molecule has 1 rings (SSSR count). The van der Waals surface area contributed by atoms with Crippen LogP contribution >= 0.6 is 15.9 Å². The highest BCUT2D eigenvalue weighted by Gasteiger charge is 2.09. The number of hydrazine groups is 1. The smallest absolute Gasteiger partial charge is 0.276 e. The van der Waals surface area contributed by atoms with Gasteiger partial charge >= 0.3 is 0 Å². The number of rotatable bonds is 6. The number of hydrogen-bond donors (Lipinski definition) is 2. The lowest BCUT2D eigenvalue weighted by Gasteiger charge is -2.13. The van der Waals surface area contributed by atoms with E-state index in [0.29, 0.717) is 12.4 Å². The monoisotopic (exact) mass is 358 g/mol. The van der Waals surface area contributed by atoms with E-state index in [4.69, 9.17) is 9.47 Å². The summed E-state index contributed by atoms with van der Waals surface area (Å²) in [7, 11) is 0. The van der Waals surface area contributed by atoms with Gasteiger partial charge in [-0.15, -0.1) is 0 Å². The SMILES string of the molecule is CCOCC(=O)NNC(=O)COc1c(C)cc(Br)cc1C. The van der Waals surface area contributed by atoms with Gasteiger partial charge in [-0.1, -0.05) is 15.9 Å². The van der Waals surface area contributed by atoms with Crippen molar-refractivity contribution in [3.63, 3.8) is 0 Å². The molecule has 0 aliphatic carbocycles. The summed E-state index contributed by atoms with van der Waals surface area (Å²) in [6.45, 7) is 5.74. The van der Waals surface area contributed by atoms with E-state index in [-0.39, 0.29) is 13.2 Å². The molecule has 0 aliphatic rings. The van der Waals surface area contributed by atoms with Gasteiger partial charge in [0.05, 0.1) is 0 Å². The molecular formula is C14H19BrN2O4. The first-order valence-electron chi connectivity index (χ1n) is 6.49. The topological polar surface area (TPSA) is 76.7 Å². The molecule has 7 heteroatoms. The minimum absolute atomic E-state index is 0.0947. The van der Waals surface area contributed by atoms with Crippen molar-refractivity contribution in [1.82, 2.24) is 10.9 Å². The molecular weight excluding hydrogens is 340 g/mol. The van der Waals surface area contributed by atoms with Crippen LogP contribution in [0.5, 0.6) is 5.75 Å². The average Bonchev–Trinajstić information content (AvgIpc) is 2.41. The predicted molar refractivity (Wildman–Crippen MR) is 81.9 cm³/mol. The van der Waals surface area contributed by atoms with Gasteiger partial charge in [-0.25, -0.2) is 0 Å². The van der Waals surface area contributed by atoms with E-state index >= 15 is 0 Å². The number of nitrogens with one attached hydrogen (secondary N) is 2. The molecule has 6 nitrogen and oxygen atoms in total. The summed E-state index contributed by atoms with van der Waals surface area (Å²) in [6, 6.07) is 3.81. The third-order valence-electron chi connectivity index (χ3n) is 2.55. The minimum Gasteiger partial charge on any atom is -0.483 e. The van der Waals surface area contributed by atoms with Crippen molar-refractivity contribution in [3.8, 4) is 5.75 Å². The Morgan fingerprint density at radius 2 is 1.62 bits per heavy atom. The van der Waals surface area contributed by atoms with E-state index in [2.05, 4.69) is 26.8 Å². The highest BCUT2D eigenvalue weighted by molar-refractivity contribution is 9.10. The molecule has 116 valence electrons. The summed E-state index contributed by atoms with van der Waals surface area (Å²) in [5.41, 5.74) is 6.35. The van der Waals surface area contributed by atoms with E-state index < -0.39 is 11.8 Å². The minimum atomic E-state index is -0.443. The quantitative estimate of drug-likeness (QED) is 0.757. The highest BCUT2D eigenvalue weighted by Crippen LogP contribution is 2.27. The molecule has 0 unspecified atom stereocenters. The maximum Gasteiger partial charge on any atom is 0.276 e. The summed E-state index contributed by atoms with van der Waals surface area (Å²) in [5.74, 6) is -0.197. The second-order valence-corrected chi connectivity index (χ2v) is 5.31. The summed E-state index contributed by atoms with van der Waals surface area (Å²) >= 11 is 3.39. The Hall–Kier alpha value is -1.60. The Morgan fingerprint density at radius 3 is 2.14 bits per heavy atom. The van der Waals surface area contributed by atoms with Gasteiger partial charge in [0.2, 0.25) is 0 Å². The van der Waals surface area contributed by atoms with Crippen LogP contribution in [0, 0.1) is 13.8 Å². The zero-order chi connectivity index (χ0) is 15.8. The number of ether oxygens (including phenoxy) is 2. The van der Waals surface area contributed by atoms with Crippen LogP contribution in [-0.2, 0) is 14.3 Å². The standard InChI is InChI=1S/C14H19BrN2O4/c1-4-20-7-12(18)16-17-13(19)8-21-14-9(2)5-11(15)6-10(14)3/h5-6H,4,7-8H2,1-3H3,(H,16,18)(H,17,19). The molecule has 0 radical (unpaired) electrons. The third-order valence-corrected chi connectivity index (χ3v) is 3.01. The Labute approximate surface area is 132 Å². The van der Waals surface area contributed by atoms with Crippen LogP contribution in [0.2, 0.25) is 0 Å². The first-order chi connectivity index (χ1) is 9.93. The normalized spacial score (nSPS) is 10.1. The third kappa shape index (κ3) is 6.14. The van der Waals surface area contributed by atoms with Crippen molar-refractivity contribution in [2.45, 2.75) is 20.8 Å². The van der Waals surface area contributed by atoms with Gasteiger partial charge in [-0.05, 0) is 44.0 Å². The fraction of sp³-hybridized carbons (Fsp3) is 0.429. The van der Waals surface area contributed by atoms with Gasteiger partial charge in [0.25, 0.3) is 11.8 Å². The van der Waals surface area contributed by atoms with Crippen LogP contribution < -0.4 is 15.6 Å². The molecule has 21 heavy (non-hydrogen) atoms. The zero-order valence-electron chi connectivity index (χ0n) is 12.3. The lowest BCUT2D eigenvalue weighted by atomic mass is 10.1. The van der Waals surface area contributed by atoms with Crippen LogP contribution in [0.3, 0.4) is 0 Å². The molecule has 2 N–H and O–H groups in total. The molecule has 2 amide bonds. The van der Waals surface area contributed by atoms with E-state index in [0.717, 1.165) is 15.6 Å². The summed E-state index contributed by atoms with van der Waals surface area (Å²) in [6.07, 6.45) is 0. The fourth-order valence-corrected chi connectivity index (χ4v) is 2.36. The largest absolute Gasteiger partial charge is 0.483 e. The van der Waals surface area contributed by atoms with Crippen molar-refractivity contribution < 1.29 is 19.1 Å². The molecule has 0 spiro atoms. The number of carbonyl (C=O) groups excluding carboxylic acids is 2. The molecule has 0 atom stereocenters. The van der Waals surface area contributed by atoms with Gasteiger partial charge in [0, 0.05) is 11.1 Å². The van der Waals surface area contributed by atoms with Crippen LogP contribution in [0.15, 0.2) is 16.6 Å². The van der Waals surface area contributed by atoms with Gasteiger partial charge in [0.15, 0.2) is 6.61 Å². The zero-order valence-corrected chi connectivity index (χ0v) is 13.9. The maximum atomic E-state index is 11.6. The van der Waals surface area contributed by atoms with E-state index in [9.17, 15) is 9.59 Å². The van der Waals surface area contributed by atoms with Crippen molar-refractivity contribution in [2.24, 2.45) is 0 Å². The Bertz CT molecular complexity index is 497. The Morgan fingerprint density at radius 1 is 1.10 bits per heavy atom. The average molecular weight is 359 g/mol. The van der Waals surface area contributed by atoms with Crippen molar-refractivity contribution >= 4 is 27.7 Å². The fourth-order valence-electron chi connectivity index (χ4n) is 1.67. The lowest BCUT2D eigenvalue weighted by molar-refractivity contribution is -0.132. The van der Waals surface area contributed by atoms with Crippen molar-refractivity contribution in [1.29, 1.82) is 0 Å². The number of carbonyl (C=O) groups is 2. The van der Waals surface area contributed by atoms with Gasteiger partial charge in [-0.3, -0.25) is 20.4 Å². The molecule has 0 aliphatic heterocycles. The molecule has 0 saturated heterocycles. The number of amides is 2. The lowest BCUT2D eigenvalue weighted by Crippen LogP contribution is -2.45. The molecule has 0 bridgehead atoms. The first-order valence-corrected chi connectivity index (χ1v) is 7.28. The number of halogens is 1. The van der Waals surface area contributed by atoms with Crippen molar-refractivity contribution in [3.05, 3.63) is 27.7 Å². The van der Waals surface area contributed by atoms with Gasteiger partial charge < -0.3 is 9.47 Å². The van der Waals surface area contributed by atoms with Crippen LogP contribution in [0.4, 0.5) is 0 Å². The molecule has 1 aromatic carbocycles. The Balaban J connectivity index is 2.42. The van der Waals surface area contributed by atoms with Crippen LogP contribution in [-0.4, -0.2) is 31.6 Å². The molecule has 0 saturated carbocycles. The molecule has 1 aromatic rings. The molecule has 0 fully saturated rings. The highest BCUT2D eigenvalue weighted by atomic mass is 79.9. The van der Waals surface area contributed by atoms with Crippen LogP contribution in [0.1, 0.15) is 18.1 Å². The maximum absolute atomic E-state index is 11.6. The summed E-state index contributed by atoms with van der Waals surface area (Å²) < 4.78 is 11.3. The Kier molecular flexibility index (Phi) is 7.18. The predicted octanol–water partition coefficient (Wildman–Crippen LogP) is 1.63. The first kappa shape index (κ1) is 17.5. The number of benzene rings is 1. The second-order valence-electron chi connectivity index (χ2n) is 4.39. The van der Waals surface area contributed by atoms with E-state index in [1.165, 1.54) is 0 Å². The number of aryl methyl sites for hydroxylation is 2. The molecule has 0 heterocycles. The van der Waals surface area contributed by atoms with Crippen molar-refractivity contribution in [2.75, 3.05) is 19.8 Å². The summed E-state index contributed by atoms with van der Waals surface area (Å²) in [5, 5.41) is 0.